The van der Waals surface area contributed by atoms with Crippen molar-refractivity contribution in [1.82, 2.24) is 9.80 Å². The van der Waals surface area contributed by atoms with Crippen LogP contribution < -0.4 is 4.74 Å². The molecule has 1 saturated heterocycles. The Morgan fingerprint density at radius 2 is 1.56 bits per heavy atom. The minimum absolute atomic E-state index is 0.0356. The smallest absolute Gasteiger partial charge is 0.295 e. The molecular weight excluding hydrogens is 512 g/mol. The maximum Gasteiger partial charge on any atom is 0.295 e. The molecule has 1 N–H and O–H groups in total. The lowest BCUT2D eigenvalue weighted by Crippen LogP contribution is -2.38. The number of likely N-dealkylation sites (N-methyl/N-ethyl adjacent to an activating group) is 1. The Labute approximate surface area is 244 Å². The van der Waals surface area contributed by atoms with Crippen LogP contribution in [0.25, 0.3) is 5.76 Å². The van der Waals surface area contributed by atoms with Gasteiger partial charge in [0.15, 0.2) is 0 Å². The molecule has 0 aromatic heterocycles. The summed E-state index contributed by atoms with van der Waals surface area (Å²) in [6, 6.07) is 22.4. The number of rotatable bonds is 10. The van der Waals surface area contributed by atoms with Crippen molar-refractivity contribution < 1.29 is 19.4 Å². The van der Waals surface area contributed by atoms with Crippen molar-refractivity contribution in [2.75, 3.05) is 26.2 Å². The number of likely N-dealkylation sites (tertiary alicyclic amines) is 1. The predicted molar refractivity (Wildman–Crippen MR) is 164 cm³/mol. The summed E-state index contributed by atoms with van der Waals surface area (Å²) in [6.45, 7) is 15.8. The fourth-order valence-corrected chi connectivity index (χ4v) is 5.21. The Balaban J connectivity index is 1.67. The normalized spacial score (nSPS) is 17.0. The van der Waals surface area contributed by atoms with Crippen LogP contribution in [-0.4, -0.2) is 52.8 Å². The maximum atomic E-state index is 13.4. The van der Waals surface area contributed by atoms with E-state index in [1.165, 1.54) is 0 Å². The van der Waals surface area contributed by atoms with E-state index in [0.717, 1.165) is 35.3 Å². The van der Waals surface area contributed by atoms with Crippen LogP contribution in [0, 0.1) is 6.92 Å². The van der Waals surface area contributed by atoms with Gasteiger partial charge < -0.3 is 19.6 Å². The third-order valence-electron chi connectivity index (χ3n) is 7.97. The van der Waals surface area contributed by atoms with Gasteiger partial charge in [-0.15, -0.1) is 0 Å². The zero-order valence-corrected chi connectivity index (χ0v) is 25.1. The molecular formula is C35H42N2O4. The van der Waals surface area contributed by atoms with Crippen molar-refractivity contribution in [3.05, 3.63) is 106 Å². The molecule has 1 fully saturated rings. The average molecular weight is 555 g/mol. The van der Waals surface area contributed by atoms with Crippen molar-refractivity contribution in [1.29, 1.82) is 0 Å². The van der Waals surface area contributed by atoms with E-state index in [1.807, 2.05) is 55.5 Å². The topological polar surface area (TPSA) is 70.1 Å². The van der Waals surface area contributed by atoms with Crippen LogP contribution >= 0.6 is 0 Å². The fourth-order valence-electron chi connectivity index (χ4n) is 5.21. The molecule has 216 valence electrons. The van der Waals surface area contributed by atoms with E-state index in [-0.39, 0.29) is 16.7 Å². The van der Waals surface area contributed by atoms with Gasteiger partial charge in [-0.3, -0.25) is 9.59 Å². The molecule has 1 aliphatic rings. The average Bonchev–Trinajstić information content (AvgIpc) is 3.22. The highest BCUT2D eigenvalue weighted by Crippen LogP contribution is 2.40. The Morgan fingerprint density at radius 3 is 2.15 bits per heavy atom. The first-order valence-electron chi connectivity index (χ1n) is 14.4. The highest BCUT2D eigenvalue weighted by molar-refractivity contribution is 6.46. The molecule has 6 nitrogen and oxygen atoms in total. The van der Waals surface area contributed by atoms with Crippen molar-refractivity contribution in [3.63, 3.8) is 0 Å². The Hall–Kier alpha value is -3.90. The molecule has 6 heteroatoms. The quantitative estimate of drug-likeness (QED) is 0.173. The van der Waals surface area contributed by atoms with E-state index in [9.17, 15) is 14.7 Å². The Bertz CT molecular complexity index is 1400. The number of nitrogens with zero attached hydrogens (tertiary/aromatic N) is 2. The number of Topliss-reactive ketones (excluding diaryl/α,β-unsaturated/α-hetero) is 1. The zero-order chi connectivity index (χ0) is 29.7. The summed E-state index contributed by atoms with van der Waals surface area (Å²) in [5.41, 5.74) is 4.76. The molecule has 0 saturated carbocycles. The highest BCUT2D eigenvalue weighted by Gasteiger charge is 2.46. The van der Waals surface area contributed by atoms with E-state index in [2.05, 4.69) is 39.5 Å². The van der Waals surface area contributed by atoms with Gasteiger partial charge in [0.1, 0.15) is 18.1 Å². The first-order valence-corrected chi connectivity index (χ1v) is 14.4. The summed E-state index contributed by atoms with van der Waals surface area (Å²) >= 11 is 0. The minimum Gasteiger partial charge on any atom is -0.507 e. The van der Waals surface area contributed by atoms with Crippen LogP contribution in [0.1, 0.15) is 68.5 Å². The highest BCUT2D eigenvalue weighted by atomic mass is 16.5. The second kappa shape index (κ2) is 12.7. The summed E-state index contributed by atoms with van der Waals surface area (Å²) in [6.07, 6.45) is 0. The lowest BCUT2D eigenvalue weighted by Gasteiger charge is -2.28. The number of ether oxygens (including phenoxy) is 1. The molecule has 4 rings (SSSR count). The second-order valence-corrected chi connectivity index (χ2v) is 11.6. The number of aliphatic hydroxyl groups excluding tert-OH is 1. The molecule has 1 aliphatic heterocycles. The van der Waals surface area contributed by atoms with E-state index in [1.54, 1.807) is 29.2 Å². The SMILES string of the molecule is CCN(CC)CCN1C(=O)C(=O)/C(=C(/O)c2ccc(OCc3ccccc3C)cc2)C1c1ccc(C(C)(C)C)cc1. The van der Waals surface area contributed by atoms with Crippen LogP contribution in [0.3, 0.4) is 0 Å². The number of carbonyl (C=O) groups excluding carboxylic acids is 2. The summed E-state index contributed by atoms with van der Waals surface area (Å²) in [4.78, 5) is 30.6. The molecule has 3 aromatic carbocycles. The van der Waals surface area contributed by atoms with Crippen LogP contribution in [-0.2, 0) is 21.6 Å². The van der Waals surface area contributed by atoms with E-state index < -0.39 is 17.7 Å². The minimum atomic E-state index is -0.670. The summed E-state index contributed by atoms with van der Waals surface area (Å²) < 4.78 is 5.96. The van der Waals surface area contributed by atoms with Gasteiger partial charge in [-0.25, -0.2) is 0 Å². The van der Waals surface area contributed by atoms with Gasteiger partial charge in [0.05, 0.1) is 11.6 Å². The number of carbonyl (C=O) groups is 2. The Morgan fingerprint density at radius 1 is 0.927 bits per heavy atom. The van der Waals surface area contributed by atoms with E-state index in [0.29, 0.717) is 31.0 Å². The molecule has 0 radical (unpaired) electrons. The lowest BCUT2D eigenvalue weighted by atomic mass is 9.85. The number of aliphatic hydroxyl groups is 1. The third-order valence-corrected chi connectivity index (χ3v) is 7.97. The van der Waals surface area contributed by atoms with Crippen molar-refractivity contribution in [2.24, 2.45) is 0 Å². The number of benzene rings is 3. The number of ketones is 1. The lowest BCUT2D eigenvalue weighted by molar-refractivity contribution is -0.140. The van der Waals surface area contributed by atoms with Crippen LogP contribution in [0.2, 0.25) is 0 Å². The fraction of sp³-hybridized carbons (Fsp3) is 0.371. The number of amides is 1. The molecule has 0 aliphatic carbocycles. The molecule has 1 amide bonds. The number of aryl methyl sites for hydroxylation is 1. The largest absolute Gasteiger partial charge is 0.507 e. The number of hydrogen-bond acceptors (Lipinski definition) is 5. The zero-order valence-electron chi connectivity index (χ0n) is 25.1. The van der Waals surface area contributed by atoms with Gasteiger partial charge in [-0.1, -0.05) is 83.1 Å². The van der Waals surface area contributed by atoms with Crippen molar-refractivity contribution >= 4 is 17.4 Å². The van der Waals surface area contributed by atoms with Crippen molar-refractivity contribution in [3.8, 4) is 5.75 Å². The molecule has 0 spiro atoms. The molecule has 3 aromatic rings. The first kappa shape index (κ1) is 30.1. The number of hydrogen-bond donors (Lipinski definition) is 1. The summed E-state index contributed by atoms with van der Waals surface area (Å²) in [5, 5.41) is 11.5. The molecule has 1 unspecified atom stereocenters. The van der Waals surface area contributed by atoms with Gasteiger partial charge >= 0.3 is 0 Å². The van der Waals surface area contributed by atoms with Gasteiger partial charge in [-0.2, -0.15) is 0 Å². The van der Waals surface area contributed by atoms with Crippen LogP contribution in [0.5, 0.6) is 5.75 Å². The van der Waals surface area contributed by atoms with E-state index >= 15 is 0 Å². The summed E-state index contributed by atoms with van der Waals surface area (Å²) in [5.74, 6) is -0.767. The second-order valence-electron chi connectivity index (χ2n) is 11.6. The molecule has 1 atom stereocenters. The van der Waals surface area contributed by atoms with Crippen LogP contribution in [0.15, 0.2) is 78.4 Å². The van der Waals surface area contributed by atoms with E-state index in [4.69, 9.17) is 4.74 Å². The van der Waals surface area contributed by atoms with Gasteiger partial charge in [0, 0.05) is 18.7 Å². The van der Waals surface area contributed by atoms with Crippen molar-refractivity contribution in [2.45, 2.75) is 59.6 Å². The first-order chi connectivity index (χ1) is 19.5. The molecule has 41 heavy (non-hydrogen) atoms. The monoisotopic (exact) mass is 554 g/mol. The van der Waals surface area contributed by atoms with Gasteiger partial charge in [0.2, 0.25) is 0 Å². The van der Waals surface area contributed by atoms with Gasteiger partial charge in [0.25, 0.3) is 11.7 Å². The molecule has 1 heterocycles. The summed E-state index contributed by atoms with van der Waals surface area (Å²) in [7, 11) is 0. The standard InChI is InChI=1S/C35H42N2O4/c1-7-36(8-2)21-22-37-31(25-13-17-28(18-14-25)35(4,5)6)30(33(39)34(37)40)32(38)26-15-19-29(20-16-26)41-23-27-12-10-9-11-24(27)3/h9-20,31,38H,7-8,21-23H2,1-6H3/b32-30+. The third kappa shape index (κ3) is 6.71. The van der Waals surface area contributed by atoms with Gasteiger partial charge in [-0.05, 0) is 71.9 Å². The van der Waals surface area contributed by atoms with Crippen LogP contribution in [0.4, 0.5) is 0 Å². The predicted octanol–water partition coefficient (Wildman–Crippen LogP) is 6.64. The Kier molecular flexibility index (Phi) is 9.34. The maximum absolute atomic E-state index is 13.4. The molecule has 0 bridgehead atoms.